The Balaban J connectivity index is 1.93. The highest BCUT2D eigenvalue weighted by Gasteiger charge is 2.16. The number of aryl methyl sites for hydroxylation is 3. The van der Waals surface area contributed by atoms with Gasteiger partial charge in [-0.2, -0.15) is 5.10 Å². The lowest BCUT2D eigenvalue weighted by molar-refractivity contribution is -0.120. The molecular weight excluding hydrogens is 302 g/mol. The van der Waals surface area contributed by atoms with Crippen LogP contribution >= 0.6 is 11.6 Å². The van der Waals surface area contributed by atoms with Crippen LogP contribution in [-0.2, 0) is 18.3 Å². The Bertz CT molecular complexity index is 682. The number of aliphatic hydroxyl groups is 1. The Morgan fingerprint density at radius 3 is 2.77 bits per heavy atom. The molecule has 6 heteroatoms. The first-order valence-electron chi connectivity index (χ1n) is 7.07. The van der Waals surface area contributed by atoms with Crippen molar-refractivity contribution in [1.82, 2.24) is 15.1 Å². The number of benzene rings is 1. The van der Waals surface area contributed by atoms with E-state index in [1.54, 1.807) is 11.7 Å². The van der Waals surface area contributed by atoms with Gasteiger partial charge in [0.2, 0.25) is 5.91 Å². The summed E-state index contributed by atoms with van der Waals surface area (Å²) in [5.41, 5.74) is 3.31. The number of hydrogen-bond donors (Lipinski definition) is 2. The minimum atomic E-state index is -0.727. The minimum absolute atomic E-state index is 0.152. The highest BCUT2D eigenvalue weighted by molar-refractivity contribution is 6.30. The van der Waals surface area contributed by atoms with Crippen LogP contribution in [0.2, 0.25) is 5.15 Å². The van der Waals surface area contributed by atoms with Crippen LogP contribution < -0.4 is 5.32 Å². The average molecular weight is 322 g/mol. The van der Waals surface area contributed by atoms with E-state index in [0.29, 0.717) is 10.7 Å². The molecule has 1 unspecified atom stereocenters. The summed E-state index contributed by atoms with van der Waals surface area (Å²) in [5, 5.41) is 17.5. The topological polar surface area (TPSA) is 67.2 Å². The smallest absolute Gasteiger partial charge is 0.224 e. The fraction of sp³-hybridized carbons (Fsp3) is 0.375. The Labute approximate surface area is 134 Å². The molecule has 1 atom stereocenters. The largest absolute Gasteiger partial charge is 0.387 e. The second-order valence-electron chi connectivity index (χ2n) is 5.39. The lowest BCUT2D eigenvalue weighted by atomic mass is 10.1. The summed E-state index contributed by atoms with van der Waals surface area (Å²) in [5.74, 6) is -0.190. The summed E-state index contributed by atoms with van der Waals surface area (Å²) in [7, 11) is 1.73. The first-order chi connectivity index (χ1) is 10.4. The summed E-state index contributed by atoms with van der Waals surface area (Å²) in [6.45, 7) is 3.94. The van der Waals surface area contributed by atoms with Gasteiger partial charge in [0, 0.05) is 19.2 Å². The van der Waals surface area contributed by atoms with Crippen molar-refractivity contribution in [2.45, 2.75) is 26.4 Å². The van der Waals surface area contributed by atoms with Crippen molar-refractivity contribution < 1.29 is 9.90 Å². The standard InChI is InChI=1S/C16H20ClN3O2/c1-10-5-4-6-12(7-10)14(21)9-18-15(22)8-13-11(2)19-20(3)16(13)17/h4-7,14,21H,8-9H2,1-3H3,(H,18,22). The molecule has 0 spiro atoms. The van der Waals surface area contributed by atoms with Crippen LogP contribution in [0.5, 0.6) is 0 Å². The summed E-state index contributed by atoms with van der Waals surface area (Å²) in [4.78, 5) is 12.0. The summed E-state index contributed by atoms with van der Waals surface area (Å²) in [6, 6.07) is 7.58. The second kappa shape index (κ2) is 6.94. The van der Waals surface area contributed by atoms with Gasteiger partial charge in [-0.3, -0.25) is 9.48 Å². The second-order valence-corrected chi connectivity index (χ2v) is 5.75. The number of halogens is 1. The number of nitrogens with one attached hydrogen (secondary N) is 1. The average Bonchev–Trinajstić information content (AvgIpc) is 2.71. The highest BCUT2D eigenvalue weighted by atomic mass is 35.5. The molecule has 2 aromatic rings. The van der Waals surface area contributed by atoms with E-state index in [4.69, 9.17) is 11.6 Å². The molecule has 0 aliphatic heterocycles. The van der Waals surface area contributed by atoms with Gasteiger partial charge < -0.3 is 10.4 Å². The van der Waals surface area contributed by atoms with Crippen LogP contribution in [0.4, 0.5) is 0 Å². The van der Waals surface area contributed by atoms with Crippen molar-refractivity contribution in [2.75, 3.05) is 6.54 Å². The maximum Gasteiger partial charge on any atom is 0.224 e. The van der Waals surface area contributed by atoms with Gasteiger partial charge in [0.1, 0.15) is 5.15 Å². The molecule has 1 aromatic carbocycles. The van der Waals surface area contributed by atoms with Crippen LogP contribution in [-0.4, -0.2) is 27.3 Å². The fourth-order valence-corrected chi connectivity index (χ4v) is 2.54. The number of rotatable bonds is 5. The highest BCUT2D eigenvalue weighted by Crippen LogP contribution is 2.19. The SMILES string of the molecule is Cc1cccc(C(O)CNC(=O)Cc2c(C)nn(C)c2Cl)c1. The minimum Gasteiger partial charge on any atom is -0.387 e. The predicted octanol–water partition coefficient (Wildman–Crippen LogP) is 2.08. The maximum absolute atomic E-state index is 12.0. The molecule has 22 heavy (non-hydrogen) atoms. The van der Waals surface area contributed by atoms with Gasteiger partial charge in [0.25, 0.3) is 0 Å². The van der Waals surface area contributed by atoms with Gasteiger partial charge in [-0.05, 0) is 19.4 Å². The van der Waals surface area contributed by atoms with Crippen molar-refractivity contribution in [2.24, 2.45) is 7.05 Å². The molecule has 0 saturated heterocycles. The predicted molar refractivity (Wildman–Crippen MR) is 85.8 cm³/mol. The zero-order chi connectivity index (χ0) is 16.3. The van der Waals surface area contributed by atoms with E-state index in [9.17, 15) is 9.90 Å². The third-order valence-electron chi connectivity index (χ3n) is 3.53. The summed E-state index contributed by atoms with van der Waals surface area (Å²) >= 11 is 6.11. The zero-order valence-electron chi connectivity index (χ0n) is 12.9. The van der Waals surface area contributed by atoms with E-state index >= 15 is 0 Å². The van der Waals surface area contributed by atoms with Crippen molar-refractivity contribution >= 4 is 17.5 Å². The number of nitrogens with zero attached hydrogens (tertiary/aromatic N) is 2. The van der Waals surface area contributed by atoms with Gasteiger partial charge in [-0.1, -0.05) is 41.4 Å². The number of carbonyl (C=O) groups excluding carboxylic acids is 1. The summed E-state index contributed by atoms with van der Waals surface area (Å²) < 4.78 is 1.54. The van der Waals surface area contributed by atoms with Crippen LogP contribution in [0.15, 0.2) is 24.3 Å². The van der Waals surface area contributed by atoms with E-state index in [2.05, 4.69) is 10.4 Å². The molecule has 1 amide bonds. The van der Waals surface area contributed by atoms with Gasteiger partial charge >= 0.3 is 0 Å². The molecule has 1 heterocycles. The monoisotopic (exact) mass is 321 g/mol. The quantitative estimate of drug-likeness (QED) is 0.886. The number of hydrogen-bond acceptors (Lipinski definition) is 3. The summed E-state index contributed by atoms with van der Waals surface area (Å²) in [6.07, 6.45) is -0.576. The first kappa shape index (κ1) is 16.5. The van der Waals surface area contributed by atoms with E-state index in [-0.39, 0.29) is 18.9 Å². The number of aromatic nitrogens is 2. The fourth-order valence-electron chi connectivity index (χ4n) is 2.30. The molecule has 0 bridgehead atoms. The Kier molecular flexibility index (Phi) is 5.21. The van der Waals surface area contributed by atoms with Crippen molar-refractivity contribution in [3.05, 3.63) is 51.8 Å². The molecule has 0 aliphatic rings. The van der Waals surface area contributed by atoms with Crippen LogP contribution in [0, 0.1) is 13.8 Å². The molecule has 0 aliphatic carbocycles. The van der Waals surface area contributed by atoms with E-state index in [1.165, 1.54) is 0 Å². The van der Waals surface area contributed by atoms with Crippen LogP contribution in [0.1, 0.15) is 28.5 Å². The molecule has 2 rings (SSSR count). The Morgan fingerprint density at radius 1 is 1.45 bits per heavy atom. The van der Waals surface area contributed by atoms with Crippen molar-refractivity contribution in [1.29, 1.82) is 0 Å². The number of aliphatic hydroxyl groups excluding tert-OH is 1. The molecule has 1 aromatic heterocycles. The zero-order valence-corrected chi connectivity index (χ0v) is 13.7. The lowest BCUT2D eigenvalue weighted by Gasteiger charge is -2.13. The van der Waals surface area contributed by atoms with Gasteiger partial charge in [0.15, 0.2) is 0 Å². The first-order valence-corrected chi connectivity index (χ1v) is 7.45. The van der Waals surface area contributed by atoms with Crippen molar-refractivity contribution in [3.63, 3.8) is 0 Å². The van der Waals surface area contributed by atoms with E-state index in [1.807, 2.05) is 38.1 Å². The van der Waals surface area contributed by atoms with E-state index < -0.39 is 6.10 Å². The van der Waals surface area contributed by atoms with Gasteiger partial charge in [0.05, 0.1) is 18.2 Å². The van der Waals surface area contributed by atoms with Gasteiger partial charge in [-0.25, -0.2) is 0 Å². The normalized spacial score (nSPS) is 12.2. The molecule has 5 nitrogen and oxygen atoms in total. The van der Waals surface area contributed by atoms with Crippen LogP contribution in [0.3, 0.4) is 0 Å². The molecule has 118 valence electrons. The third-order valence-corrected chi connectivity index (χ3v) is 4.00. The Morgan fingerprint density at radius 2 is 2.18 bits per heavy atom. The third kappa shape index (κ3) is 3.87. The van der Waals surface area contributed by atoms with Gasteiger partial charge in [-0.15, -0.1) is 0 Å². The lowest BCUT2D eigenvalue weighted by Crippen LogP contribution is -2.29. The Hall–Kier alpha value is -1.85. The maximum atomic E-state index is 12.0. The number of carbonyl (C=O) groups is 1. The van der Waals surface area contributed by atoms with Crippen molar-refractivity contribution in [3.8, 4) is 0 Å². The molecule has 2 N–H and O–H groups in total. The molecular formula is C16H20ClN3O2. The van der Waals surface area contributed by atoms with Crippen LogP contribution in [0.25, 0.3) is 0 Å². The molecule has 0 radical (unpaired) electrons. The molecule has 0 saturated carbocycles. The van der Waals surface area contributed by atoms with E-state index in [0.717, 1.165) is 16.8 Å². The molecule has 0 fully saturated rings. The number of amides is 1.